The van der Waals surface area contributed by atoms with Gasteiger partial charge in [-0.05, 0) is 30.9 Å². The highest BCUT2D eigenvalue weighted by Gasteiger charge is 1.99. The fraction of sp³-hybridized carbons (Fsp3) is 0.588. The summed E-state index contributed by atoms with van der Waals surface area (Å²) in [6.07, 6.45) is 0. The van der Waals surface area contributed by atoms with E-state index in [-0.39, 0.29) is 0 Å². The van der Waals surface area contributed by atoms with Crippen LogP contribution >= 0.6 is 0 Å². The lowest BCUT2D eigenvalue weighted by molar-refractivity contribution is 0.134. The number of nitrogens with one attached hydrogen (secondary N) is 2. The van der Waals surface area contributed by atoms with Crippen LogP contribution in [-0.2, 0) is 17.9 Å². The summed E-state index contributed by atoms with van der Waals surface area (Å²) in [7, 11) is 0. The third-order valence-electron chi connectivity index (χ3n) is 2.94. The third kappa shape index (κ3) is 7.71. The van der Waals surface area contributed by atoms with Crippen LogP contribution in [0.25, 0.3) is 0 Å². The van der Waals surface area contributed by atoms with Crippen LogP contribution in [0.5, 0.6) is 0 Å². The van der Waals surface area contributed by atoms with Crippen LogP contribution in [0.2, 0.25) is 0 Å². The summed E-state index contributed by atoms with van der Waals surface area (Å²) >= 11 is 0. The molecule has 0 aliphatic rings. The number of ether oxygens (including phenoxy) is 1. The maximum atomic E-state index is 5.40. The summed E-state index contributed by atoms with van der Waals surface area (Å²) in [5, 5.41) is 6.61. The quantitative estimate of drug-likeness (QED) is 0.572. The molecule has 4 nitrogen and oxygen atoms in total. The second kappa shape index (κ2) is 10.2. The van der Waals surface area contributed by atoms with Crippen molar-refractivity contribution in [1.29, 1.82) is 0 Å². The SMILES string of the molecule is CCNC(=NCc1ccc(COCC)cc1)NCC(C)C. The van der Waals surface area contributed by atoms with E-state index in [1.54, 1.807) is 0 Å². The average molecular weight is 291 g/mol. The van der Waals surface area contributed by atoms with Crippen LogP contribution in [-0.4, -0.2) is 25.7 Å². The third-order valence-corrected chi connectivity index (χ3v) is 2.94. The van der Waals surface area contributed by atoms with Gasteiger partial charge in [-0.25, -0.2) is 4.99 Å². The summed E-state index contributed by atoms with van der Waals surface area (Å²) in [5.74, 6) is 1.48. The van der Waals surface area contributed by atoms with Crippen LogP contribution < -0.4 is 10.6 Å². The van der Waals surface area contributed by atoms with Gasteiger partial charge in [-0.2, -0.15) is 0 Å². The van der Waals surface area contributed by atoms with Crippen molar-refractivity contribution >= 4 is 5.96 Å². The van der Waals surface area contributed by atoms with E-state index in [0.29, 0.717) is 19.1 Å². The molecular formula is C17H29N3O. The van der Waals surface area contributed by atoms with E-state index in [0.717, 1.165) is 25.7 Å². The van der Waals surface area contributed by atoms with Gasteiger partial charge in [0.1, 0.15) is 0 Å². The second-order valence-electron chi connectivity index (χ2n) is 5.42. The first-order valence-corrected chi connectivity index (χ1v) is 7.83. The number of hydrogen-bond donors (Lipinski definition) is 2. The van der Waals surface area contributed by atoms with Crippen molar-refractivity contribution in [3.63, 3.8) is 0 Å². The Morgan fingerprint density at radius 1 is 1.10 bits per heavy atom. The van der Waals surface area contributed by atoms with Crippen LogP contribution in [0.1, 0.15) is 38.8 Å². The predicted octanol–water partition coefficient (Wildman–Crippen LogP) is 2.93. The molecule has 0 fully saturated rings. The Labute approximate surface area is 129 Å². The van der Waals surface area contributed by atoms with Gasteiger partial charge in [0.05, 0.1) is 13.2 Å². The molecule has 0 unspecified atom stereocenters. The number of aliphatic imine (C=N–C) groups is 1. The molecule has 21 heavy (non-hydrogen) atoms. The Kier molecular flexibility index (Phi) is 8.51. The zero-order chi connectivity index (χ0) is 15.5. The van der Waals surface area contributed by atoms with Crippen LogP contribution in [0.4, 0.5) is 0 Å². The van der Waals surface area contributed by atoms with Crippen LogP contribution in [0.3, 0.4) is 0 Å². The van der Waals surface area contributed by atoms with Crippen molar-refractivity contribution < 1.29 is 4.74 Å². The zero-order valence-electron chi connectivity index (χ0n) is 13.8. The number of hydrogen-bond acceptors (Lipinski definition) is 2. The molecule has 1 aromatic rings. The number of guanidine groups is 1. The molecule has 0 saturated carbocycles. The van der Waals surface area contributed by atoms with Crippen molar-refractivity contribution in [3.8, 4) is 0 Å². The minimum absolute atomic E-state index is 0.603. The molecule has 0 atom stereocenters. The standard InChI is InChI=1S/C17H29N3O/c1-5-18-17(19-11-14(3)4)20-12-15-7-9-16(10-8-15)13-21-6-2/h7-10,14H,5-6,11-13H2,1-4H3,(H2,18,19,20). The molecule has 2 N–H and O–H groups in total. The maximum absolute atomic E-state index is 5.40. The lowest BCUT2D eigenvalue weighted by Gasteiger charge is -2.13. The molecule has 0 saturated heterocycles. The number of rotatable bonds is 8. The lowest BCUT2D eigenvalue weighted by atomic mass is 10.1. The van der Waals surface area contributed by atoms with Gasteiger partial charge in [0, 0.05) is 19.7 Å². The van der Waals surface area contributed by atoms with Gasteiger partial charge in [0.25, 0.3) is 0 Å². The Bertz CT molecular complexity index is 413. The Morgan fingerprint density at radius 2 is 1.76 bits per heavy atom. The molecule has 0 radical (unpaired) electrons. The van der Waals surface area contributed by atoms with Gasteiger partial charge in [-0.3, -0.25) is 0 Å². The van der Waals surface area contributed by atoms with Crippen molar-refractivity contribution in [3.05, 3.63) is 35.4 Å². The van der Waals surface area contributed by atoms with Crippen molar-refractivity contribution in [2.75, 3.05) is 19.7 Å². The summed E-state index contributed by atoms with van der Waals surface area (Å²) in [6.45, 7) is 12.4. The smallest absolute Gasteiger partial charge is 0.191 e. The van der Waals surface area contributed by atoms with Crippen molar-refractivity contribution in [2.24, 2.45) is 10.9 Å². The van der Waals surface area contributed by atoms with Gasteiger partial charge in [0.2, 0.25) is 0 Å². The van der Waals surface area contributed by atoms with Gasteiger partial charge >= 0.3 is 0 Å². The highest BCUT2D eigenvalue weighted by molar-refractivity contribution is 5.79. The Balaban J connectivity index is 2.54. The van der Waals surface area contributed by atoms with Gasteiger partial charge in [0.15, 0.2) is 5.96 Å². The predicted molar refractivity (Wildman–Crippen MR) is 89.4 cm³/mol. The maximum Gasteiger partial charge on any atom is 0.191 e. The topological polar surface area (TPSA) is 45.7 Å². The fourth-order valence-electron chi connectivity index (χ4n) is 1.77. The van der Waals surface area contributed by atoms with Gasteiger partial charge in [-0.1, -0.05) is 38.1 Å². The first kappa shape index (κ1) is 17.5. The molecule has 4 heteroatoms. The Hall–Kier alpha value is -1.55. The van der Waals surface area contributed by atoms with E-state index in [1.807, 2.05) is 6.92 Å². The molecule has 118 valence electrons. The monoisotopic (exact) mass is 291 g/mol. The molecule has 0 aliphatic heterocycles. The summed E-state index contributed by atoms with van der Waals surface area (Å²) in [5.41, 5.74) is 2.41. The van der Waals surface area contributed by atoms with E-state index < -0.39 is 0 Å². The van der Waals surface area contributed by atoms with E-state index in [1.165, 1.54) is 11.1 Å². The molecule has 0 aromatic heterocycles. The van der Waals surface area contributed by atoms with Crippen molar-refractivity contribution in [2.45, 2.75) is 40.8 Å². The highest BCUT2D eigenvalue weighted by atomic mass is 16.5. The number of benzene rings is 1. The molecule has 0 spiro atoms. The molecule has 0 heterocycles. The van der Waals surface area contributed by atoms with Crippen molar-refractivity contribution in [1.82, 2.24) is 10.6 Å². The molecule has 0 bridgehead atoms. The summed E-state index contributed by atoms with van der Waals surface area (Å²) in [4.78, 5) is 4.61. The fourth-order valence-corrected chi connectivity index (χ4v) is 1.77. The number of nitrogens with zero attached hydrogens (tertiary/aromatic N) is 1. The Morgan fingerprint density at radius 3 is 2.33 bits per heavy atom. The first-order valence-electron chi connectivity index (χ1n) is 7.83. The van der Waals surface area contributed by atoms with E-state index >= 15 is 0 Å². The van der Waals surface area contributed by atoms with Gasteiger partial charge in [-0.15, -0.1) is 0 Å². The zero-order valence-corrected chi connectivity index (χ0v) is 13.8. The van der Waals surface area contributed by atoms with Gasteiger partial charge < -0.3 is 15.4 Å². The minimum Gasteiger partial charge on any atom is -0.377 e. The lowest BCUT2D eigenvalue weighted by Crippen LogP contribution is -2.39. The molecule has 0 amide bonds. The molecular weight excluding hydrogens is 262 g/mol. The molecule has 1 rings (SSSR count). The summed E-state index contributed by atoms with van der Waals surface area (Å²) in [6, 6.07) is 8.44. The average Bonchev–Trinajstić information content (AvgIpc) is 2.49. The first-order chi connectivity index (χ1) is 10.2. The highest BCUT2D eigenvalue weighted by Crippen LogP contribution is 2.07. The van der Waals surface area contributed by atoms with E-state index in [4.69, 9.17) is 4.74 Å². The van der Waals surface area contributed by atoms with Crippen LogP contribution in [0, 0.1) is 5.92 Å². The molecule has 1 aromatic carbocycles. The minimum atomic E-state index is 0.603. The second-order valence-corrected chi connectivity index (χ2v) is 5.42. The molecule has 0 aliphatic carbocycles. The van der Waals surface area contributed by atoms with E-state index in [9.17, 15) is 0 Å². The van der Waals surface area contributed by atoms with Crippen LogP contribution in [0.15, 0.2) is 29.3 Å². The van der Waals surface area contributed by atoms with E-state index in [2.05, 4.69) is 60.7 Å². The largest absolute Gasteiger partial charge is 0.377 e. The summed E-state index contributed by atoms with van der Waals surface area (Å²) < 4.78 is 5.40. The normalized spacial score (nSPS) is 11.8.